The lowest BCUT2D eigenvalue weighted by Gasteiger charge is -2.02. The van der Waals surface area contributed by atoms with E-state index in [1.165, 1.54) is 16.6 Å². The number of aryl methyl sites for hydroxylation is 2. The highest BCUT2D eigenvalue weighted by molar-refractivity contribution is 5.86. The zero-order valence-electron chi connectivity index (χ0n) is 12.0. The smallest absolute Gasteiger partial charge is 0.303 e. The Morgan fingerprint density at radius 2 is 2.05 bits per heavy atom. The summed E-state index contributed by atoms with van der Waals surface area (Å²) in [5.74, 6) is -0.734. The van der Waals surface area contributed by atoms with Crippen molar-refractivity contribution in [3.8, 4) is 0 Å². The first-order chi connectivity index (χ1) is 9.54. The van der Waals surface area contributed by atoms with Crippen molar-refractivity contribution < 1.29 is 15.0 Å². The van der Waals surface area contributed by atoms with E-state index in [2.05, 4.69) is 11.5 Å². The molecule has 1 aromatic heterocycles. The standard InChI is InChI=1S/C16H21NO3/c1-11-13(5-3-4-6-16(19)20)14-9-12(10-18)7-8-15(14)17(11)2/h7-9,18H,3-6,10H2,1-2H3,(H,19,20). The molecule has 108 valence electrons. The van der Waals surface area contributed by atoms with Crippen LogP contribution in [-0.4, -0.2) is 20.7 Å². The van der Waals surface area contributed by atoms with Crippen molar-refractivity contribution in [1.29, 1.82) is 0 Å². The molecule has 0 unspecified atom stereocenters. The van der Waals surface area contributed by atoms with Crippen molar-refractivity contribution in [2.24, 2.45) is 7.05 Å². The summed E-state index contributed by atoms with van der Waals surface area (Å²) in [7, 11) is 2.04. The van der Waals surface area contributed by atoms with E-state index >= 15 is 0 Å². The number of rotatable bonds is 6. The molecule has 4 nitrogen and oxygen atoms in total. The zero-order valence-corrected chi connectivity index (χ0v) is 12.0. The van der Waals surface area contributed by atoms with Gasteiger partial charge in [-0.1, -0.05) is 6.07 Å². The average Bonchev–Trinajstić information content (AvgIpc) is 2.67. The first-order valence-electron chi connectivity index (χ1n) is 6.94. The fourth-order valence-electron chi connectivity index (χ4n) is 2.69. The molecule has 0 saturated carbocycles. The minimum atomic E-state index is -0.734. The van der Waals surface area contributed by atoms with E-state index in [1.807, 2.05) is 25.2 Å². The Morgan fingerprint density at radius 1 is 1.30 bits per heavy atom. The minimum Gasteiger partial charge on any atom is -0.481 e. The van der Waals surface area contributed by atoms with Gasteiger partial charge in [0.1, 0.15) is 0 Å². The molecule has 0 atom stereocenters. The highest BCUT2D eigenvalue weighted by atomic mass is 16.4. The Hall–Kier alpha value is -1.81. The van der Waals surface area contributed by atoms with Crippen LogP contribution in [0.3, 0.4) is 0 Å². The van der Waals surface area contributed by atoms with Crippen molar-refractivity contribution in [3.05, 3.63) is 35.0 Å². The van der Waals surface area contributed by atoms with Crippen LogP contribution in [-0.2, 0) is 24.9 Å². The van der Waals surface area contributed by atoms with E-state index in [-0.39, 0.29) is 13.0 Å². The fourth-order valence-corrected chi connectivity index (χ4v) is 2.69. The second-order valence-corrected chi connectivity index (χ2v) is 5.23. The average molecular weight is 275 g/mol. The highest BCUT2D eigenvalue weighted by Gasteiger charge is 2.12. The van der Waals surface area contributed by atoms with Gasteiger partial charge in [-0.15, -0.1) is 0 Å². The van der Waals surface area contributed by atoms with Gasteiger partial charge < -0.3 is 14.8 Å². The predicted molar refractivity (Wildman–Crippen MR) is 78.8 cm³/mol. The van der Waals surface area contributed by atoms with Crippen LogP contribution in [0.2, 0.25) is 0 Å². The molecule has 2 N–H and O–H groups in total. The quantitative estimate of drug-likeness (QED) is 0.797. The Bertz CT molecular complexity index is 628. The van der Waals surface area contributed by atoms with Crippen molar-refractivity contribution >= 4 is 16.9 Å². The molecule has 0 aliphatic heterocycles. The molecule has 1 aromatic carbocycles. The van der Waals surface area contributed by atoms with Crippen molar-refractivity contribution in [3.63, 3.8) is 0 Å². The summed E-state index contributed by atoms with van der Waals surface area (Å²) in [6.07, 6.45) is 2.68. The van der Waals surface area contributed by atoms with Gasteiger partial charge >= 0.3 is 5.97 Å². The Kier molecular flexibility index (Phi) is 4.45. The van der Waals surface area contributed by atoms with Crippen LogP contribution in [0.1, 0.15) is 36.1 Å². The normalized spacial score (nSPS) is 11.2. The summed E-state index contributed by atoms with van der Waals surface area (Å²) in [6, 6.07) is 6.01. The van der Waals surface area contributed by atoms with Gasteiger partial charge in [0.25, 0.3) is 0 Å². The summed E-state index contributed by atoms with van der Waals surface area (Å²) in [4.78, 5) is 10.5. The number of unbranched alkanes of at least 4 members (excludes halogenated alkanes) is 1. The molecule has 4 heteroatoms. The zero-order chi connectivity index (χ0) is 14.7. The summed E-state index contributed by atoms with van der Waals surface area (Å²) < 4.78 is 2.16. The van der Waals surface area contributed by atoms with Crippen LogP contribution in [0.4, 0.5) is 0 Å². The minimum absolute atomic E-state index is 0.0440. The lowest BCUT2D eigenvalue weighted by molar-refractivity contribution is -0.137. The van der Waals surface area contributed by atoms with E-state index in [1.54, 1.807) is 0 Å². The number of hydrogen-bond acceptors (Lipinski definition) is 2. The van der Waals surface area contributed by atoms with Crippen LogP contribution in [0.5, 0.6) is 0 Å². The van der Waals surface area contributed by atoms with Gasteiger partial charge in [-0.2, -0.15) is 0 Å². The van der Waals surface area contributed by atoms with E-state index < -0.39 is 5.97 Å². The summed E-state index contributed by atoms with van der Waals surface area (Å²) in [6.45, 7) is 2.13. The third kappa shape index (κ3) is 2.85. The van der Waals surface area contributed by atoms with Gasteiger partial charge in [-0.05, 0) is 49.4 Å². The van der Waals surface area contributed by atoms with Gasteiger partial charge in [-0.25, -0.2) is 0 Å². The molecule has 0 amide bonds. The number of benzene rings is 1. The van der Waals surface area contributed by atoms with Crippen molar-refractivity contribution in [2.75, 3.05) is 0 Å². The SMILES string of the molecule is Cc1c(CCCCC(=O)O)c2cc(CO)ccc2n1C. The number of fused-ring (bicyclic) bond motifs is 1. The van der Waals surface area contributed by atoms with Gasteiger partial charge in [-0.3, -0.25) is 4.79 Å². The number of carboxylic acid groups (broad SMARTS) is 1. The molecule has 0 radical (unpaired) electrons. The number of hydrogen-bond donors (Lipinski definition) is 2. The summed E-state index contributed by atoms with van der Waals surface area (Å²) in [5, 5.41) is 19.1. The van der Waals surface area contributed by atoms with Crippen LogP contribution < -0.4 is 0 Å². The first-order valence-corrected chi connectivity index (χ1v) is 6.94. The number of carbonyl (C=O) groups is 1. The lowest BCUT2D eigenvalue weighted by Crippen LogP contribution is -1.96. The van der Waals surface area contributed by atoms with E-state index in [0.29, 0.717) is 6.42 Å². The number of aliphatic carboxylic acids is 1. The van der Waals surface area contributed by atoms with Gasteiger partial charge in [0.05, 0.1) is 6.61 Å². The summed E-state index contributed by atoms with van der Waals surface area (Å²) in [5.41, 5.74) is 4.55. The molecule has 0 aliphatic rings. The van der Waals surface area contributed by atoms with Gasteiger partial charge in [0, 0.05) is 30.1 Å². The fraction of sp³-hybridized carbons (Fsp3) is 0.438. The first kappa shape index (κ1) is 14.6. The third-order valence-corrected chi connectivity index (χ3v) is 3.94. The molecule has 20 heavy (non-hydrogen) atoms. The van der Waals surface area contributed by atoms with Crippen LogP contribution in [0, 0.1) is 6.92 Å². The maximum absolute atomic E-state index is 10.5. The van der Waals surface area contributed by atoms with Gasteiger partial charge in [0.2, 0.25) is 0 Å². The maximum atomic E-state index is 10.5. The largest absolute Gasteiger partial charge is 0.481 e. The molecule has 0 aliphatic carbocycles. The number of aromatic nitrogens is 1. The van der Waals surface area contributed by atoms with E-state index in [0.717, 1.165) is 23.9 Å². The molecule has 1 heterocycles. The molecule has 0 saturated heterocycles. The van der Waals surface area contributed by atoms with Crippen LogP contribution >= 0.6 is 0 Å². The predicted octanol–water partition coefficient (Wildman–Crippen LogP) is 2.78. The molecular formula is C16H21NO3. The van der Waals surface area contributed by atoms with Crippen LogP contribution in [0.15, 0.2) is 18.2 Å². The molecule has 0 fully saturated rings. The van der Waals surface area contributed by atoms with Gasteiger partial charge in [0.15, 0.2) is 0 Å². The second kappa shape index (κ2) is 6.09. The topological polar surface area (TPSA) is 62.5 Å². The van der Waals surface area contributed by atoms with Crippen molar-refractivity contribution in [1.82, 2.24) is 4.57 Å². The number of aliphatic hydroxyl groups is 1. The third-order valence-electron chi connectivity index (χ3n) is 3.94. The highest BCUT2D eigenvalue weighted by Crippen LogP contribution is 2.27. The monoisotopic (exact) mass is 275 g/mol. The lowest BCUT2D eigenvalue weighted by atomic mass is 10.0. The molecule has 0 bridgehead atoms. The van der Waals surface area contributed by atoms with Crippen molar-refractivity contribution in [2.45, 2.75) is 39.2 Å². The summed E-state index contributed by atoms with van der Waals surface area (Å²) >= 11 is 0. The molecule has 2 aromatic rings. The molecule has 2 rings (SSSR count). The number of aliphatic hydroxyl groups excluding tert-OH is 1. The molecular weight excluding hydrogens is 254 g/mol. The Balaban J connectivity index is 2.26. The second-order valence-electron chi connectivity index (χ2n) is 5.23. The Labute approximate surface area is 118 Å². The Morgan fingerprint density at radius 3 is 2.70 bits per heavy atom. The number of carboxylic acids is 1. The van der Waals surface area contributed by atoms with E-state index in [9.17, 15) is 9.90 Å². The number of nitrogens with zero attached hydrogens (tertiary/aromatic N) is 1. The molecule has 0 spiro atoms. The van der Waals surface area contributed by atoms with E-state index in [4.69, 9.17) is 5.11 Å². The van der Waals surface area contributed by atoms with Crippen LogP contribution in [0.25, 0.3) is 10.9 Å². The maximum Gasteiger partial charge on any atom is 0.303 e.